The van der Waals surface area contributed by atoms with E-state index in [0.717, 1.165) is 56.7 Å². The average Bonchev–Trinajstić information content (AvgIpc) is 2.98. The van der Waals surface area contributed by atoms with Gasteiger partial charge in [-0.2, -0.15) is 5.90 Å². The van der Waals surface area contributed by atoms with Crippen LogP contribution in [0.3, 0.4) is 0 Å². The van der Waals surface area contributed by atoms with Crippen LogP contribution in [-0.4, -0.2) is 62.0 Å². The largest absolute Gasteiger partial charge is 0.411 e. The highest BCUT2D eigenvalue weighted by atomic mass is 16.6. The van der Waals surface area contributed by atoms with Gasteiger partial charge in [0.1, 0.15) is 12.3 Å². The Morgan fingerprint density at radius 2 is 2.37 bits per heavy atom. The standard InChI is InChI=1S/C22H36N6O2/c1-4-6-18(3)27-16-25-15-22(29)28-12-5-10-24-14-19(28)9-11-26-21-13-20(30-23)8-7-17(21)2/h4,7-8,13,16,18-19,24,26H,1,5-6,9-12,14-15,23H2,2-3H3,(H,25,27)/t18?,19-/m1/s1. The lowest BCUT2D eigenvalue weighted by Gasteiger charge is -2.29. The van der Waals surface area contributed by atoms with Gasteiger partial charge in [-0.3, -0.25) is 9.79 Å². The van der Waals surface area contributed by atoms with Crippen molar-refractivity contribution in [2.24, 2.45) is 10.9 Å². The molecule has 0 radical (unpaired) electrons. The minimum absolute atomic E-state index is 0.0628. The Labute approximate surface area is 179 Å². The van der Waals surface area contributed by atoms with E-state index in [1.54, 1.807) is 6.34 Å². The molecule has 30 heavy (non-hydrogen) atoms. The lowest BCUT2D eigenvalue weighted by Crippen LogP contribution is -2.45. The zero-order chi connectivity index (χ0) is 21.8. The number of nitrogens with two attached hydrogens (primary N) is 1. The molecule has 1 fully saturated rings. The molecule has 0 spiro atoms. The number of hydrogen-bond acceptors (Lipinski definition) is 6. The van der Waals surface area contributed by atoms with Crippen molar-refractivity contribution in [3.8, 4) is 5.75 Å². The summed E-state index contributed by atoms with van der Waals surface area (Å²) in [7, 11) is 0. The van der Waals surface area contributed by atoms with Crippen molar-refractivity contribution in [2.75, 3.05) is 38.0 Å². The van der Waals surface area contributed by atoms with Crippen LogP contribution >= 0.6 is 0 Å². The minimum atomic E-state index is 0.0628. The number of carbonyl (C=O) groups is 1. The molecule has 0 aliphatic carbocycles. The lowest BCUT2D eigenvalue weighted by atomic mass is 10.1. The molecule has 0 aromatic heterocycles. The number of amides is 1. The number of aryl methyl sites for hydroxylation is 1. The summed E-state index contributed by atoms with van der Waals surface area (Å²) >= 11 is 0. The van der Waals surface area contributed by atoms with Crippen molar-refractivity contribution in [3.63, 3.8) is 0 Å². The second-order valence-corrected chi connectivity index (χ2v) is 7.67. The summed E-state index contributed by atoms with van der Waals surface area (Å²) < 4.78 is 0. The fraction of sp³-hybridized carbons (Fsp3) is 0.545. The zero-order valence-corrected chi connectivity index (χ0v) is 18.2. The predicted octanol–water partition coefficient (Wildman–Crippen LogP) is 1.82. The molecule has 1 aliphatic heterocycles. The van der Waals surface area contributed by atoms with Gasteiger partial charge in [-0.1, -0.05) is 12.1 Å². The van der Waals surface area contributed by atoms with E-state index in [2.05, 4.69) is 34.4 Å². The number of carbonyl (C=O) groups excluding carboxylic acids is 1. The number of hydrogen-bond donors (Lipinski definition) is 4. The van der Waals surface area contributed by atoms with E-state index in [4.69, 9.17) is 10.7 Å². The Morgan fingerprint density at radius 3 is 3.13 bits per heavy atom. The van der Waals surface area contributed by atoms with Crippen LogP contribution in [0.1, 0.15) is 31.7 Å². The normalized spacial score (nSPS) is 18.0. The van der Waals surface area contributed by atoms with E-state index >= 15 is 0 Å². The van der Waals surface area contributed by atoms with Crippen LogP contribution in [0.4, 0.5) is 5.69 Å². The second kappa shape index (κ2) is 12.9. The molecule has 166 valence electrons. The number of benzene rings is 1. The molecule has 1 aliphatic rings. The topological polar surface area (TPSA) is 104 Å². The predicted molar refractivity (Wildman–Crippen MR) is 123 cm³/mol. The summed E-state index contributed by atoms with van der Waals surface area (Å²) in [5.74, 6) is 5.94. The van der Waals surface area contributed by atoms with Gasteiger partial charge < -0.3 is 25.7 Å². The van der Waals surface area contributed by atoms with Gasteiger partial charge in [0.05, 0.1) is 6.34 Å². The van der Waals surface area contributed by atoms with E-state index in [1.807, 2.05) is 36.1 Å². The van der Waals surface area contributed by atoms with Gasteiger partial charge in [-0.05, 0) is 51.3 Å². The number of nitrogens with zero attached hydrogens (tertiary/aromatic N) is 2. The third-order valence-corrected chi connectivity index (χ3v) is 5.23. The molecule has 8 heteroatoms. The van der Waals surface area contributed by atoms with Gasteiger partial charge in [0.2, 0.25) is 5.91 Å². The maximum atomic E-state index is 12.8. The number of nitrogens with one attached hydrogen (secondary N) is 3. The molecule has 1 aromatic rings. The molecule has 1 saturated heterocycles. The van der Waals surface area contributed by atoms with E-state index in [9.17, 15) is 4.79 Å². The first-order valence-corrected chi connectivity index (χ1v) is 10.6. The fourth-order valence-electron chi connectivity index (χ4n) is 3.47. The molecular formula is C22H36N6O2. The summed E-state index contributed by atoms with van der Waals surface area (Å²) in [6.07, 6.45) is 6.13. The molecular weight excluding hydrogens is 380 g/mol. The van der Waals surface area contributed by atoms with Crippen LogP contribution < -0.4 is 26.7 Å². The van der Waals surface area contributed by atoms with E-state index in [-0.39, 0.29) is 24.5 Å². The van der Waals surface area contributed by atoms with Crippen LogP contribution in [0, 0.1) is 6.92 Å². The molecule has 5 N–H and O–H groups in total. The Kier molecular flexibility index (Phi) is 10.2. The molecule has 0 bridgehead atoms. The highest BCUT2D eigenvalue weighted by molar-refractivity contribution is 5.80. The second-order valence-electron chi connectivity index (χ2n) is 7.67. The molecule has 1 aromatic carbocycles. The maximum Gasteiger partial charge on any atom is 0.244 e. The van der Waals surface area contributed by atoms with E-state index in [1.165, 1.54) is 0 Å². The number of anilines is 1. The molecule has 1 amide bonds. The van der Waals surface area contributed by atoms with Crippen molar-refractivity contribution in [2.45, 2.75) is 45.2 Å². The summed E-state index contributed by atoms with van der Waals surface area (Å²) in [6, 6.07) is 6.08. The SMILES string of the molecule is C=CCC(C)NC=NCC(=O)N1CCCNC[C@H]1CCNc1cc(ON)ccc1C. The number of aliphatic imine (C=N–C) groups is 1. The summed E-state index contributed by atoms with van der Waals surface area (Å²) in [6.45, 7) is 11.2. The monoisotopic (exact) mass is 416 g/mol. The third-order valence-electron chi connectivity index (χ3n) is 5.23. The molecule has 8 nitrogen and oxygen atoms in total. The zero-order valence-electron chi connectivity index (χ0n) is 18.2. The van der Waals surface area contributed by atoms with Crippen molar-refractivity contribution < 1.29 is 9.63 Å². The Balaban J connectivity index is 1.88. The summed E-state index contributed by atoms with van der Waals surface area (Å²) in [5, 5.41) is 10.0. The minimum Gasteiger partial charge on any atom is -0.411 e. The third kappa shape index (κ3) is 7.68. The first-order valence-electron chi connectivity index (χ1n) is 10.6. The number of rotatable bonds is 11. The van der Waals surface area contributed by atoms with Crippen LogP contribution in [0.5, 0.6) is 5.75 Å². The van der Waals surface area contributed by atoms with Gasteiger partial charge in [0.15, 0.2) is 0 Å². The Bertz CT molecular complexity index is 709. The van der Waals surface area contributed by atoms with Crippen LogP contribution in [-0.2, 0) is 4.79 Å². The first-order chi connectivity index (χ1) is 14.5. The van der Waals surface area contributed by atoms with Crippen LogP contribution in [0.15, 0.2) is 35.8 Å². The van der Waals surface area contributed by atoms with Crippen molar-refractivity contribution in [1.82, 2.24) is 15.5 Å². The van der Waals surface area contributed by atoms with Crippen LogP contribution in [0.2, 0.25) is 0 Å². The van der Waals surface area contributed by atoms with Crippen molar-refractivity contribution >= 4 is 17.9 Å². The molecule has 1 unspecified atom stereocenters. The highest BCUT2D eigenvalue weighted by Crippen LogP contribution is 2.21. The van der Waals surface area contributed by atoms with Crippen molar-refractivity contribution in [1.29, 1.82) is 0 Å². The van der Waals surface area contributed by atoms with Gasteiger partial charge in [-0.15, -0.1) is 6.58 Å². The van der Waals surface area contributed by atoms with Gasteiger partial charge in [-0.25, -0.2) is 0 Å². The lowest BCUT2D eigenvalue weighted by molar-refractivity contribution is -0.131. The van der Waals surface area contributed by atoms with Crippen LogP contribution in [0.25, 0.3) is 0 Å². The van der Waals surface area contributed by atoms with Gasteiger partial charge >= 0.3 is 0 Å². The maximum absolute atomic E-state index is 12.8. The Morgan fingerprint density at radius 1 is 1.53 bits per heavy atom. The van der Waals surface area contributed by atoms with E-state index in [0.29, 0.717) is 5.75 Å². The quantitative estimate of drug-likeness (QED) is 0.190. The van der Waals surface area contributed by atoms with E-state index < -0.39 is 0 Å². The summed E-state index contributed by atoms with van der Waals surface area (Å²) in [5.41, 5.74) is 2.11. The van der Waals surface area contributed by atoms with Gasteiger partial charge in [0, 0.05) is 43.5 Å². The molecule has 2 rings (SSSR count). The first kappa shape index (κ1) is 23.7. The fourth-order valence-corrected chi connectivity index (χ4v) is 3.47. The average molecular weight is 417 g/mol. The highest BCUT2D eigenvalue weighted by Gasteiger charge is 2.24. The molecule has 2 atom stereocenters. The molecule has 1 heterocycles. The van der Waals surface area contributed by atoms with Gasteiger partial charge in [0.25, 0.3) is 0 Å². The van der Waals surface area contributed by atoms with Crippen molar-refractivity contribution in [3.05, 3.63) is 36.4 Å². The molecule has 0 saturated carbocycles. The Hall–Kier alpha value is -2.58. The summed E-state index contributed by atoms with van der Waals surface area (Å²) in [4.78, 5) is 23.9. The smallest absolute Gasteiger partial charge is 0.244 e.